The lowest BCUT2D eigenvalue weighted by Crippen LogP contribution is -2.49. The number of para-hydroxylation sites is 1. The van der Waals surface area contributed by atoms with Crippen molar-refractivity contribution < 1.29 is 29.9 Å². The van der Waals surface area contributed by atoms with Crippen LogP contribution in [0.25, 0.3) is 0 Å². The van der Waals surface area contributed by atoms with Crippen LogP contribution in [0.4, 0.5) is 11.4 Å². The van der Waals surface area contributed by atoms with Crippen LogP contribution in [0, 0.1) is 0 Å². The summed E-state index contributed by atoms with van der Waals surface area (Å²) in [5, 5.41) is 38.9. The zero-order valence-electron chi connectivity index (χ0n) is 22.2. The van der Waals surface area contributed by atoms with Crippen LogP contribution in [0.2, 0.25) is 5.02 Å². The molecule has 1 fully saturated rings. The Morgan fingerprint density at radius 1 is 0.769 bits per heavy atom. The number of rotatable bonds is 15. The smallest absolute Gasteiger partial charge is 0.101 e. The van der Waals surface area contributed by atoms with Gasteiger partial charge in [-0.25, -0.2) is 0 Å². The van der Waals surface area contributed by atoms with Gasteiger partial charge in [-0.1, -0.05) is 35.5 Å². The van der Waals surface area contributed by atoms with Crippen LogP contribution in [-0.2, 0) is 9.47 Å². The van der Waals surface area contributed by atoms with Gasteiger partial charge in [0.15, 0.2) is 0 Å². The van der Waals surface area contributed by atoms with E-state index in [0.29, 0.717) is 6.54 Å². The van der Waals surface area contributed by atoms with E-state index in [4.69, 9.17) is 26.2 Å². The minimum absolute atomic E-state index is 0.00138. The van der Waals surface area contributed by atoms with Crippen molar-refractivity contribution in [1.29, 1.82) is 0 Å². The molecule has 2 aliphatic rings. The second-order valence-electron chi connectivity index (χ2n) is 10.0. The normalized spacial score (nSPS) is 18.4. The Labute approximate surface area is 239 Å². The van der Waals surface area contributed by atoms with E-state index in [-0.39, 0.29) is 33.0 Å². The second kappa shape index (κ2) is 15.5. The highest BCUT2D eigenvalue weighted by molar-refractivity contribution is 7.99. The van der Waals surface area contributed by atoms with Gasteiger partial charge in [-0.15, -0.1) is 0 Å². The van der Waals surface area contributed by atoms with Crippen molar-refractivity contribution in [2.75, 3.05) is 83.7 Å². The summed E-state index contributed by atoms with van der Waals surface area (Å²) >= 11 is 8.14. The summed E-state index contributed by atoms with van der Waals surface area (Å²) in [4.78, 5) is 9.62. The third kappa shape index (κ3) is 9.29. The molecule has 2 aliphatic heterocycles. The molecular formula is C28H40ClN3O6S. The highest BCUT2D eigenvalue weighted by atomic mass is 35.5. The molecule has 0 saturated carbocycles. The van der Waals surface area contributed by atoms with Gasteiger partial charge in [-0.05, 0) is 43.3 Å². The Hall–Kier alpha value is -1.44. The van der Waals surface area contributed by atoms with Crippen molar-refractivity contribution in [2.24, 2.45) is 0 Å². The molecule has 9 nitrogen and oxygen atoms in total. The lowest BCUT2D eigenvalue weighted by molar-refractivity contribution is -0.0615. The summed E-state index contributed by atoms with van der Waals surface area (Å²) in [5.74, 6) is 0. The minimum Gasteiger partial charge on any atom is -0.394 e. The van der Waals surface area contributed by atoms with Crippen molar-refractivity contribution in [3.63, 3.8) is 0 Å². The second-order valence-corrected chi connectivity index (χ2v) is 11.6. The average Bonchev–Trinajstić information content (AvgIpc) is 2.93. The number of anilines is 2. The van der Waals surface area contributed by atoms with E-state index in [1.54, 1.807) is 11.8 Å². The molecule has 39 heavy (non-hydrogen) atoms. The summed E-state index contributed by atoms with van der Waals surface area (Å²) in [7, 11) is 0. The summed E-state index contributed by atoms with van der Waals surface area (Å²) in [6.45, 7) is 5.90. The van der Waals surface area contributed by atoms with Gasteiger partial charge in [0.25, 0.3) is 0 Å². The fourth-order valence-electron chi connectivity index (χ4n) is 4.82. The molecule has 4 N–H and O–H groups in total. The lowest BCUT2D eigenvalue weighted by Gasteiger charge is -2.37. The standard InChI is InChI=1S/C28H40ClN3O6S/c29-21-6-7-28-26(14-21)32(25-4-1-2-5-27(25)39-28)9-3-8-30-10-12-31(13-11-30)15-22(34)17-37-19-24(36)20-38-18-23(35)16-33/h1-2,4-7,14,22-24,33-36H,3,8-13,15-20H2. The number of ether oxygens (including phenoxy) is 2. The van der Waals surface area contributed by atoms with Crippen molar-refractivity contribution in [3.8, 4) is 0 Å². The molecule has 4 rings (SSSR count). The maximum absolute atomic E-state index is 10.4. The first-order chi connectivity index (χ1) is 18.9. The minimum atomic E-state index is -0.955. The molecule has 2 aromatic carbocycles. The molecule has 3 unspecified atom stereocenters. The molecule has 3 atom stereocenters. The van der Waals surface area contributed by atoms with E-state index < -0.39 is 18.3 Å². The number of halogens is 1. The summed E-state index contributed by atoms with van der Waals surface area (Å²) in [6.07, 6.45) is -1.41. The molecule has 0 spiro atoms. The van der Waals surface area contributed by atoms with Gasteiger partial charge in [0.2, 0.25) is 0 Å². The van der Waals surface area contributed by atoms with Gasteiger partial charge in [-0.3, -0.25) is 4.90 Å². The monoisotopic (exact) mass is 581 g/mol. The number of piperazine rings is 1. The van der Waals surface area contributed by atoms with Gasteiger partial charge in [0.05, 0.1) is 50.5 Å². The maximum atomic E-state index is 10.4. The van der Waals surface area contributed by atoms with Crippen LogP contribution in [-0.4, -0.2) is 127 Å². The molecular weight excluding hydrogens is 542 g/mol. The maximum Gasteiger partial charge on any atom is 0.101 e. The SMILES string of the molecule is OCC(O)COCC(O)COCC(O)CN1CCN(CCCN2c3ccccc3Sc3ccc(Cl)cc32)CC1. The van der Waals surface area contributed by atoms with Crippen molar-refractivity contribution in [3.05, 3.63) is 47.5 Å². The summed E-state index contributed by atoms with van der Waals surface area (Å²) in [6, 6.07) is 14.6. The van der Waals surface area contributed by atoms with Gasteiger partial charge < -0.3 is 39.7 Å². The first-order valence-corrected chi connectivity index (χ1v) is 14.7. The van der Waals surface area contributed by atoms with Crippen molar-refractivity contribution in [1.82, 2.24) is 9.80 Å². The van der Waals surface area contributed by atoms with Crippen LogP contribution in [0.15, 0.2) is 52.3 Å². The largest absolute Gasteiger partial charge is 0.394 e. The molecule has 11 heteroatoms. The Morgan fingerprint density at radius 2 is 1.41 bits per heavy atom. The third-order valence-corrected chi connectivity index (χ3v) is 8.19. The first kappa shape index (κ1) is 30.5. The Balaban J connectivity index is 1.13. The lowest BCUT2D eigenvalue weighted by atomic mass is 10.2. The fraction of sp³-hybridized carbons (Fsp3) is 0.571. The van der Waals surface area contributed by atoms with E-state index in [1.165, 1.54) is 21.2 Å². The number of β-amino-alcohol motifs (C(OH)–C–C–N with tert-alkyl or cyclic N) is 1. The average molecular weight is 582 g/mol. The summed E-state index contributed by atoms with van der Waals surface area (Å²) < 4.78 is 10.5. The van der Waals surface area contributed by atoms with Crippen LogP contribution in [0.5, 0.6) is 0 Å². The third-order valence-electron chi connectivity index (χ3n) is 6.83. The number of benzene rings is 2. The van der Waals surface area contributed by atoms with E-state index >= 15 is 0 Å². The molecule has 1 saturated heterocycles. The molecule has 0 amide bonds. The number of nitrogens with zero attached hydrogens (tertiary/aromatic N) is 3. The predicted molar refractivity (Wildman–Crippen MR) is 153 cm³/mol. The van der Waals surface area contributed by atoms with E-state index in [1.807, 2.05) is 6.07 Å². The van der Waals surface area contributed by atoms with Gasteiger partial charge in [-0.2, -0.15) is 0 Å². The number of hydrogen-bond acceptors (Lipinski definition) is 10. The summed E-state index contributed by atoms with van der Waals surface area (Å²) in [5.41, 5.74) is 2.41. The molecule has 0 aliphatic carbocycles. The highest BCUT2D eigenvalue weighted by Gasteiger charge is 2.24. The van der Waals surface area contributed by atoms with Gasteiger partial charge in [0.1, 0.15) is 12.2 Å². The van der Waals surface area contributed by atoms with Crippen molar-refractivity contribution >= 4 is 34.7 Å². The molecule has 0 bridgehead atoms. The Bertz CT molecular complexity index is 1030. The highest BCUT2D eigenvalue weighted by Crippen LogP contribution is 2.48. The zero-order chi connectivity index (χ0) is 27.6. The molecule has 2 aromatic rings. The number of aliphatic hydroxyl groups is 4. The predicted octanol–water partition coefficient (Wildman–Crippen LogP) is 2.06. The van der Waals surface area contributed by atoms with E-state index in [2.05, 4.69) is 51.1 Å². The molecule has 0 aromatic heterocycles. The van der Waals surface area contributed by atoms with E-state index in [0.717, 1.165) is 50.7 Å². The molecule has 0 radical (unpaired) electrons. The quantitative estimate of drug-likeness (QED) is 0.249. The number of aliphatic hydroxyl groups excluding tert-OH is 4. The fourth-order valence-corrected chi connectivity index (χ4v) is 6.07. The van der Waals surface area contributed by atoms with Crippen LogP contribution < -0.4 is 4.90 Å². The Morgan fingerprint density at radius 3 is 2.15 bits per heavy atom. The number of fused-ring (bicyclic) bond motifs is 2. The number of hydrogen-bond donors (Lipinski definition) is 4. The van der Waals surface area contributed by atoms with E-state index in [9.17, 15) is 15.3 Å². The molecule has 216 valence electrons. The van der Waals surface area contributed by atoms with Crippen molar-refractivity contribution in [2.45, 2.75) is 34.5 Å². The molecule has 2 heterocycles. The van der Waals surface area contributed by atoms with Crippen LogP contribution in [0.1, 0.15) is 6.42 Å². The van der Waals surface area contributed by atoms with Crippen LogP contribution >= 0.6 is 23.4 Å². The van der Waals surface area contributed by atoms with Gasteiger partial charge >= 0.3 is 0 Å². The van der Waals surface area contributed by atoms with Crippen LogP contribution in [0.3, 0.4) is 0 Å². The zero-order valence-corrected chi connectivity index (χ0v) is 23.8. The Kier molecular flexibility index (Phi) is 12.2. The van der Waals surface area contributed by atoms with Gasteiger partial charge in [0, 0.05) is 54.1 Å². The first-order valence-electron chi connectivity index (χ1n) is 13.5. The topological polar surface area (TPSA) is 109 Å².